The van der Waals surface area contributed by atoms with Crippen LogP contribution in [0.15, 0.2) is 0 Å². The van der Waals surface area contributed by atoms with Gasteiger partial charge in [0.2, 0.25) is 0 Å². The van der Waals surface area contributed by atoms with Crippen LogP contribution < -0.4 is 0 Å². The van der Waals surface area contributed by atoms with Gasteiger partial charge in [-0.15, -0.1) is 5.53 Å². The van der Waals surface area contributed by atoms with E-state index in [9.17, 15) is 0 Å². The van der Waals surface area contributed by atoms with Crippen molar-refractivity contribution in [2.45, 2.75) is 0 Å². The molecule has 0 rings (SSSR count). The minimum Gasteiger partial charge on any atom is -0.108 e. The highest BCUT2D eigenvalue weighted by molar-refractivity contribution is 6.92. The second-order valence-corrected chi connectivity index (χ2v) is 0.100. The van der Waals surface area contributed by atoms with Gasteiger partial charge in [0.1, 0.15) is 0 Å². The zero-order chi connectivity index (χ0) is 2.71. The van der Waals surface area contributed by atoms with Crippen LogP contribution >= 0.6 is 9.90 Å². The number of hydrogen-bond acceptors (Lipinski definition) is 1. The fourth-order valence-corrected chi connectivity index (χ4v) is 0. The van der Waals surface area contributed by atoms with Crippen molar-refractivity contribution in [1.29, 1.82) is 5.53 Å². The van der Waals surface area contributed by atoms with Crippen LogP contribution in [0.5, 0.6) is 0 Å². The molecule has 0 aliphatic carbocycles. The normalized spacial score (nSPS) is 2.00. The van der Waals surface area contributed by atoms with Gasteiger partial charge in [-0.3, -0.25) is 0 Å². The molecule has 4 heteroatoms. The first-order chi connectivity index (χ1) is 1.41. The molecule has 21 valence electrons. The van der Waals surface area contributed by atoms with Crippen LogP contribution in [0.3, 0.4) is 0 Å². The number of hydrogen-bond donors (Lipinski definition) is 1. The molecule has 0 saturated heterocycles. The standard InChI is InChI=1S/HN3.P/c1-3-2;/h1H;. The van der Waals surface area contributed by atoms with E-state index in [0.717, 1.165) is 0 Å². The molecule has 0 aromatic heterocycles. The van der Waals surface area contributed by atoms with E-state index >= 15 is 0 Å². The van der Waals surface area contributed by atoms with Crippen molar-refractivity contribution in [3.63, 3.8) is 0 Å². The van der Waals surface area contributed by atoms with E-state index in [1.54, 1.807) is 4.91 Å². The Bertz CT molecular complexity index is 24.3. The number of nitrogens with zero attached hydrogens (tertiary/aromatic N) is 2. The Morgan fingerprint density at radius 3 is 1.75 bits per heavy atom. The van der Waals surface area contributed by atoms with Gasteiger partial charge < -0.3 is 0 Å². The molecule has 0 aromatic rings. The molecule has 0 aliphatic heterocycles. The van der Waals surface area contributed by atoms with Gasteiger partial charge in [0.05, 0.1) is 0 Å². The molecule has 0 aliphatic rings. The lowest BCUT2D eigenvalue weighted by Gasteiger charge is -1.03. The largest absolute Gasteiger partial charge is 0.108 e. The third kappa shape index (κ3) is 14.1. The molecule has 1 N–H and O–H groups in total. The Morgan fingerprint density at radius 1 is 1.75 bits per heavy atom. The van der Waals surface area contributed by atoms with Crippen molar-refractivity contribution in [1.82, 2.24) is 0 Å². The third-order valence-corrected chi connectivity index (χ3v) is 0. The monoisotopic (exact) mass is 74.0 g/mol. The Balaban J connectivity index is 0. The van der Waals surface area contributed by atoms with Crippen LogP contribution in [0.4, 0.5) is 0 Å². The average molecular weight is 74.0 g/mol. The first-order valence-electron chi connectivity index (χ1n) is 0.424. The van der Waals surface area contributed by atoms with Crippen molar-refractivity contribution < 1.29 is 0 Å². The summed E-state index contributed by atoms with van der Waals surface area (Å²) in [6.07, 6.45) is 0. The SMILES string of the molecule is [N-]=[N+]=N.[P]. The maximum Gasteiger partial charge on any atom is 0 e. The van der Waals surface area contributed by atoms with Crippen LogP contribution in [-0.2, 0) is 0 Å². The van der Waals surface area contributed by atoms with Crippen molar-refractivity contribution >= 4 is 9.90 Å². The summed E-state index contributed by atoms with van der Waals surface area (Å²) >= 11 is 0. The quantitative estimate of drug-likeness (QED) is 0.197. The Hall–Kier alpha value is -0.260. The molecule has 0 unspecified atom stereocenters. The summed E-state index contributed by atoms with van der Waals surface area (Å²) in [6, 6.07) is 0. The maximum absolute atomic E-state index is 6.86. The zero-order valence-corrected chi connectivity index (χ0v) is 2.74. The van der Waals surface area contributed by atoms with Gasteiger partial charge in [-0.25, -0.2) is 0 Å². The molecule has 0 heterocycles. The summed E-state index contributed by atoms with van der Waals surface area (Å²) in [6.45, 7) is 0. The topological polar surface area (TPSA) is 60.3 Å². The zero-order valence-electron chi connectivity index (χ0n) is 1.84. The lowest BCUT2D eigenvalue weighted by Crippen LogP contribution is -0.769. The summed E-state index contributed by atoms with van der Waals surface area (Å²) in [4.78, 5) is 1.75. The second kappa shape index (κ2) is 15.1. The maximum atomic E-state index is 6.86. The summed E-state index contributed by atoms with van der Waals surface area (Å²) in [5.41, 5.74) is 12.2. The molecule has 0 aromatic carbocycles. The molecular formula is HN3P. The highest BCUT2D eigenvalue weighted by Gasteiger charge is 0.973. The van der Waals surface area contributed by atoms with E-state index in [2.05, 4.69) is 0 Å². The minimum atomic E-state index is 0. The van der Waals surface area contributed by atoms with Crippen molar-refractivity contribution in [2.24, 2.45) is 0 Å². The number of nitrogens with one attached hydrogen (secondary N) is 1. The molecule has 3 nitrogen and oxygen atoms in total. The fraction of sp³-hybridized carbons (Fsp3) is 0. The highest BCUT2D eigenvalue weighted by Crippen LogP contribution is 1.24. The Morgan fingerprint density at radius 2 is 1.75 bits per heavy atom. The van der Waals surface area contributed by atoms with Gasteiger partial charge in [0, 0.05) is 9.90 Å². The molecule has 0 bridgehead atoms. The van der Waals surface area contributed by atoms with Gasteiger partial charge in [0.25, 0.3) is 0 Å². The molecule has 0 fully saturated rings. The van der Waals surface area contributed by atoms with E-state index < -0.39 is 0 Å². The van der Waals surface area contributed by atoms with Gasteiger partial charge in [-0.2, -0.15) is 0 Å². The van der Waals surface area contributed by atoms with E-state index in [0.29, 0.717) is 0 Å². The average Bonchev–Trinajstić information content (AvgIpc) is 0.918. The molecule has 3 radical (unpaired) electrons. The second-order valence-electron chi connectivity index (χ2n) is 0.100. The first-order valence-corrected chi connectivity index (χ1v) is 0.424. The molecule has 0 spiro atoms. The predicted molar refractivity (Wildman–Crippen MR) is 16.4 cm³/mol. The van der Waals surface area contributed by atoms with Gasteiger partial charge >= 0.3 is 0 Å². The fourth-order valence-electron chi connectivity index (χ4n) is 0. The molecular weight excluding hydrogens is 73.0 g/mol. The molecule has 0 saturated carbocycles. The lowest BCUT2D eigenvalue weighted by atomic mass is 13.0. The van der Waals surface area contributed by atoms with Crippen LogP contribution in [0.1, 0.15) is 0 Å². The van der Waals surface area contributed by atoms with Crippen molar-refractivity contribution in [3.05, 3.63) is 10.4 Å². The van der Waals surface area contributed by atoms with Gasteiger partial charge in [-0.05, 0) is 10.4 Å². The Labute approximate surface area is 27.0 Å². The first kappa shape index (κ1) is 9.27. The van der Waals surface area contributed by atoms with Crippen LogP contribution in [0.2, 0.25) is 0 Å². The van der Waals surface area contributed by atoms with E-state index in [1.165, 1.54) is 0 Å². The minimum absolute atomic E-state index is 0. The number of rotatable bonds is 0. The van der Waals surface area contributed by atoms with Crippen LogP contribution in [0, 0.1) is 5.53 Å². The highest BCUT2D eigenvalue weighted by atomic mass is 31.0. The summed E-state index contributed by atoms with van der Waals surface area (Å²) < 4.78 is 0. The van der Waals surface area contributed by atoms with E-state index in [1.807, 2.05) is 0 Å². The van der Waals surface area contributed by atoms with Gasteiger partial charge in [-0.1, -0.05) is 0 Å². The predicted octanol–water partition coefficient (Wildman–Crippen LogP) is 1.74. The lowest BCUT2D eigenvalue weighted by molar-refractivity contribution is 1.45. The summed E-state index contributed by atoms with van der Waals surface area (Å²) in [5.74, 6) is 0. The third-order valence-electron chi connectivity index (χ3n) is 0. The molecule has 0 amide bonds. The smallest absolute Gasteiger partial charge is 0 e. The summed E-state index contributed by atoms with van der Waals surface area (Å²) in [5, 5.41) is 0. The van der Waals surface area contributed by atoms with Crippen LogP contribution in [-0.4, -0.2) is 0 Å². The van der Waals surface area contributed by atoms with Crippen molar-refractivity contribution in [2.75, 3.05) is 0 Å². The van der Waals surface area contributed by atoms with Crippen molar-refractivity contribution in [3.8, 4) is 0 Å². The van der Waals surface area contributed by atoms with E-state index in [4.69, 9.17) is 11.1 Å². The van der Waals surface area contributed by atoms with E-state index in [-0.39, 0.29) is 9.90 Å². The molecule has 0 atom stereocenters. The van der Waals surface area contributed by atoms with Crippen LogP contribution in [0.25, 0.3) is 10.4 Å². The molecule has 4 heavy (non-hydrogen) atoms. The Kier molecular flexibility index (Phi) is 35.1. The summed E-state index contributed by atoms with van der Waals surface area (Å²) in [7, 11) is 0. The van der Waals surface area contributed by atoms with Gasteiger partial charge in [0.15, 0.2) is 0 Å².